The number of oxime groups is 1. The van der Waals surface area contributed by atoms with Crippen molar-refractivity contribution in [3.05, 3.63) is 47.7 Å². The van der Waals surface area contributed by atoms with Crippen LogP contribution in [-0.2, 0) is 9.63 Å². The van der Waals surface area contributed by atoms with Crippen LogP contribution < -0.4 is 0 Å². The number of allylic oxidation sites excluding steroid dienone is 2. The van der Waals surface area contributed by atoms with Crippen LogP contribution in [0.25, 0.3) is 0 Å². The molecule has 0 spiro atoms. The van der Waals surface area contributed by atoms with E-state index >= 15 is 0 Å². The van der Waals surface area contributed by atoms with Crippen molar-refractivity contribution in [2.24, 2.45) is 10.6 Å². The highest BCUT2D eigenvalue weighted by atomic mass is 16.6. The Morgan fingerprint density at radius 2 is 1.89 bits per heavy atom. The van der Waals surface area contributed by atoms with Gasteiger partial charge in [0.25, 0.3) is 0 Å². The molecule has 0 heterocycles. The Morgan fingerprint density at radius 1 is 1.21 bits per heavy atom. The Labute approximate surface area is 114 Å². The van der Waals surface area contributed by atoms with Crippen LogP contribution in [0, 0.1) is 5.41 Å². The first-order valence-corrected chi connectivity index (χ1v) is 6.47. The fourth-order valence-corrected chi connectivity index (χ4v) is 2.21. The summed E-state index contributed by atoms with van der Waals surface area (Å²) in [6.45, 7) is 6.02. The van der Waals surface area contributed by atoms with Crippen molar-refractivity contribution in [2.75, 3.05) is 0 Å². The minimum atomic E-state index is -0.0443. The maximum atomic E-state index is 11.6. The molecular formula is C16H19NO2. The van der Waals surface area contributed by atoms with Gasteiger partial charge in [-0.15, -0.1) is 0 Å². The lowest BCUT2D eigenvalue weighted by atomic mass is 9.79. The van der Waals surface area contributed by atoms with Gasteiger partial charge >= 0.3 is 0 Å². The molecule has 0 fully saturated rings. The van der Waals surface area contributed by atoms with Crippen molar-refractivity contribution in [3.8, 4) is 0 Å². The summed E-state index contributed by atoms with van der Waals surface area (Å²) in [6.07, 6.45) is 2.87. The Balaban J connectivity index is 2.08. The summed E-state index contributed by atoms with van der Waals surface area (Å²) in [7, 11) is 0. The van der Waals surface area contributed by atoms with Gasteiger partial charge in [0.2, 0.25) is 0 Å². The lowest BCUT2D eigenvalue weighted by molar-refractivity contribution is -0.117. The second-order valence-electron chi connectivity index (χ2n) is 5.73. The van der Waals surface area contributed by atoms with Crippen LogP contribution in [-0.4, -0.2) is 11.5 Å². The zero-order chi connectivity index (χ0) is 13.9. The number of nitrogens with zero attached hydrogens (tertiary/aromatic N) is 1. The lowest BCUT2D eigenvalue weighted by Crippen LogP contribution is -2.22. The molecule has 3 heteroatoms. The highest BCUT2D eigenvalue weighted by molar-refractivity contribution is 5.98. The lowest BCUT2D eigenvalue weighted by Gasteiger charge is -2.27. The molecule has 1 aromatic rings. The highest BCUT2D eigenvalue weighted by Crippen LogP contribution is 2.34. The van der Waals surface area contributed by atoms with Crippen LogP contribution in [0.15, 0.2) is 47.3 Å². The summed E-state index contributed by atoms with van der Waals surface area (Å²) in [5, 5.41) is 4.11. The Kier molecular flexibility index (Phi) is 3.84. The van der Waals surface area contributed by atoms with E-state index in [4.69, 9.17) is 4.84 Å². The SMILES string of the molecule is C/C(=N/OC1=CC(=O)CC(C)(C)C1)c1ccccc1. The molecule has 3 nitrogen and oxygen atoms in total. The molecule has 1 aliphatic carbocycles. The van der Waals surface area contributed by atoms with E-state index in [2.05, 4.69) is 19.0 Å². The Hall–Kier alpha value is -1.90. The van der Waals surface area contributed by atoms with Crippen LogP contribution >= 0.6 is 0 Å². The normalized spacial score (nSPS) is 19.0. The number of carbonyl (C=O) groups excluding carboxylic acids is 1. The summed E-state index contributed by atoms with van der Waals surface area (Å²) in [5.74, 6) is 0.760. The second kappa shape index (κ2) is 5.39. The largest absolute Gasteiger partial charge is 0.361 e. The van der Waals surface area contributed by atoms with Gasteiger partial charge in [0, 0.05) is 18.9 Å². The molecule has 0 N–H and O–H groups in total. The van der Waals surface area contributed by atoms with Gasteiger partial charge in [-0.2, -0.15) is 0 Å². The summed E-state index contributed by atoms with van der Waals surface area (Å²) < 4.78 is 0. The summed E-state index contributed by atoms with van der Waals surface area (Å²) in [5.41, 5.74) is 1.78. The summed E-state index contributed by atoms with van der Waals surface area (Å²) >= 11 is 0. The molecule has 0 radical (unpaired) electrons. The van der Waals surface area contributed by atoms with Crippen LogP contribution in [0.2, 0.25) is 0 Å². The smallest absolute Gasteiger partial charge is 0.159 e. The second-order valence-corrected chi connectivity index (χ2v) is 5.73. The van der Waals surface area contributed by atoms with E-state index in [-0.39, 0.29) is 11.2 Å². The number of benzene rings is 1. The van der Waals surface area contributed by atoms with Gasteiger partial charge < -0.3 is 4.84 Å². The molecule has 0 amide bonds. The molecule has 0 saturated carbocycles. The topological polar surface area (TPSA) is 38.7 Å². The van der Waals surface area contributed by atoms with E-state index < -0.39 is 0 Å². The molecular weight excluding hydrogens is 238 g/mol. The molecule has 2 rings (SSSR count). The highest BCUT2D eigenvalue weighted by Gasteiger charge is 2.28. The minimum absolute atomic E-state index is 0.0443. The molecule has 1 aliphatic rings. The molecule has 0 bridgehead atoms. The maximum absolute atomic E-state index is 11.6. The van der Waals surface area contributed by atoms with Crippen LogP contribution in [0.3, 0.4) is 0 Å². The average Bonchev–Trinajstić information content (AvgIpc) is 2.34. The quantitative estimate of drug-likeness (QED) is 0.611. The number of carbonyl (C=O) groups is 1. The molecule has 100 valence electrons. The monoisotopic (exact) mass is 257 g/mol. The van der Waals surface area contributed by atoms with Gasteiger partial charge in [-0.25, -0.2) is 0 Å². The van der Waals surface area contributed by atoms with Gasteiger partial charge in [-0.05, 0) is 17.9 Å². The minimum Gasteiger partial charge on any atom is -0.361 e. The fraction of sp³-hybridized carbons (Fsp3) is 0.375. The Bertz CT molecular complexity index is 527. The Morgan fingerprint density at radius 3 is 2.53 bits per heavy atom. The third-order valence-corrected chi connectivity index (χ3v) is 3.12. The van der Waals surface area contributed by atoms with E-state index in [1.54, 1.807) is 6.08 Å². The number of hydrogen-bond acceptors (Lipinski definition) is 3. The average molecular weight is 257 g/mol. The van der Waals surface area contributed by atoms with E-state index in [0.29, 0.717) is 12.2 Å². The standard InChI is InChI=1S/C16H19NO2/c1-12(13-7-5-4-6-8-13)17-19-15-9-14(18)10-16(2,3)11-15/h4-9H,10-11H2,1-3H3/b17-12-. The molecule has 0 atom stereocenters. The molecule has 0 aliphatic heterocycles. The number of hydrogen-bond donors (Lipinski definition) is 0. The first-order valence-electron chi connectivity index (χ1n) is 6.47. The predicted octanol–water partition coefficient (Wildman–Crippen LogP) is 3.70. The van der Waals surface area contributed by atoms with Crippen molar-refractivity contribution in [2.45, 2.75) is 33.6 Å². The number of rotatable bonds is 3. The van der Waals surface area contributed by atoms with Gasteiger partial charge in [0.05, 0.1) is 5.71 Å². The fourth-order valence-electron chi connectivity index (χ4n) is 2.21. The zero-order valence-corrected chi connectivity index (χ0v) is 11.6. The van der Waals surface area contributed by atoms with Crippen molar-refractivity contribution in [1.82, 2.24) is 0 Å². The molecule has 19 heavy (non-hydrogen) atoms. The van der Waals surface area contributed by atoms with E-state index in [9.17, 15) is 4.79 Å². The van der Waals surface area contributed by atoms with Crippen LogP contribution in [0.4, 0.5) is 0 Å². The number of ketones is 1. The molecule has 0 unspecified atom stereocenters. The van der Waals surface area contributed by atoms with Crippen molar-refractivity contribution >= 4 is 11.5 Å². The maximum Gasteiger partial charge on any atom is 0.159 e. The zero-order valence-electron chi connectivity index (χ0n) is 11.6. The van der Waals surface area contributed by atoms with E-state index in [1.807, 2.05) is 37.3 Å². The van der Waals surface area contributed by atoms with E-state index in [1.165, 1.54) is 0 Å². The first-order chi connectivity index (χ1) is 8.96. The van der Waals surface area contributed by atoms with E-state index in [0.717, 1.165) is 17.7 Å². The summed E-state index contributed by atoms with van der Waals surface area (Å²) in [6, 6.07) is 9.84. The van der Waals surface area contributed by atoms with Gasteiger partial charge in [0.15, 0.2) is 5.78 Å². The van der Waals surface area contributed by atoms with Gasteiger partial charge in [-0.3, -0.25) is 4.79 Å². The van der Waals surface area contributed by atoms with Crippen molar-refractivity contribution in [3.63, 3.8) is 0 Å². The third-order valence-electron chi connectivity index (χ3n) is 3.12. The third kappa shape index (κ3) is 3.78. The predicted molar refractivity (Wildman–Crippen MR) is 75.8 cm³/mol. The molecule has 0 aromatic heterocycles. The van der Waals surface area contributed by atoms with Gasteiger partial charge in [0.1, 0.15) is 5.76 Å². The van der Waals surface area contributed by atoms with Crippen LogP contribution in [0.1, 0.15) is 39.2 Å². The van der Waals surface area contributed by atoms with Gasteiger partial charge in [-0.1, -0.05) is 49.3 Å². The molecule has 0 saturated heterocycles. The first kappa shape index (κ1) is 13.5. The van der Waals surface area contributed by atoms with Crippen LogP contribution in [0.5, 0.6) is 0 Å². The molecule has 1 aromatic carbocycles. The van der Waals surface area contributed by atoms with Crippen molar-refractivity contribution < 1.29 is 9.63 Å². The summed E-state index contributed by atoms with van der Waals surface area (Å²) in [4.78, 5) is 17.0. The van der Waals surface area contributed by atoms with Crippen molar-refractivity contribution in [1.29, 1.82) is 0 Å².